The summed E-state index contributed by atoms with van der Waals surface area (Å²) in [4.78, 5) is 4.40. The molecule has 1 atom stereocenters. The lowest BCUT2D eigenvalue weighted by atomic mass is 10.00. The number of nitrogens with two attached hydrogens (primary N) is 1. The summed E-state index contributed by atoms with van der Waals surface area (Å²) in [5, 5.41) is 0. The van der Waals surface area contributed by atoms with E-state index in [1.807, 2.05) is 0 Å². The SMILES string of the molecule is NCCc1nc(C2CCCOC2)co1. The molecule has 1 aliphatic rings. The van der Waals surface area contributed by atoms with Gasteiger partial charge in [0.05, 0.1) is 12.3 Å². The highest BCUT2D eigenvalue weighted by atomic mass is 16.5. The first-order valence-corrected chi connectivity index (χ1v) is 5.12. The van der Waals surface area contributed by atoms with Crippen molar-refractivity contribution in [2.24, 2.45) is 5.73 Å². The fourth-order valence-corrected chi connectivity index (χ4v) is 1.72. The van der Waals surface area contributed by atoms with E-state index in [1.54, 1.807) is 6.26 Å². The minimum atomic E-state index is 0.416. The van der Waals surface area contributed by atoms with E-state index in [4.69, 9.17) is 14.9 Å². The van der Waals surface area contributed by atoms with Crippen molar-refractivity contribution >= 4 is 0 Å². The zero-order valence-corrected chi connectivity index (χ0v) is 8.24. The highest BCUT2D eigenvalue weighted by molar-refractivity contribution is 5.05. The molecule has 4 nitrogen and oxygen atoms in total. The molecule has 1 fully saturated rings. The van der Waals surface area contributed by atoms with E-state index in [0.717, 1.165) is 37.6 Å². The lowest BCUT2D eigenvalue weighted by Gasteiger charge is -2.19. The quantitative estimate of drug-likeness (QED) is 0.785. The maximum absolute atomic E-state index is 5.42. The monoisotopic (exact) mass is 196 g/mol. The van der Waals surface area contributed by atoms with Crippen LogP contribution in [0.1, 0.15) is 30.3 Å². The zero-order chi connectivity index (χ0) is 9.80. The second kappa shape index (κ2) is 4.57. The van der Waals surface area contributed by atoms with Crippen molar-refractivity contribution in [3.05, 3.63) is 17.8 Å². The number of nitrogens with zero attached hydrogens (tertiary/aromatic N) is 1. The molecule has 1 aliphatic heterocycles. The summed E-state index contributed by atoms with van der Waals surface area (Å²) < 4.78 is 10.7. The van der Waals surface area contributed by atoms with Gasteiger partial charge in [0.2, 0.25) is 0 Å². The molecule has 2 rings (SSSR count). The fourth-order valence-electron chi connectivity index (χ4n) is 1.72. The van der Waals surface area contributed by atoms with Crippen molar-refractivity contribution in [3.8, 4) is 0 Å². The molecule has 1 saturated heterocycles. The van der Waals surface area contributed by atoms with Crippen LogP contribution in [0.2, 0.25) is 0 Å². The van der Waals surface area contributed by atoms with E-state index in [2.05, 4.69) is 4.98 Å². The largest absolute Gasteiger partial charge is 0.449 e. The van der Waals surface area contributed by atoms with Crippen LogP contribution >= 0.6 is 0 Å². The van der Waals surface area contributed by atoms with E-state index >= 15 is 0 Å². The highest BCUT2D eigenvalue weighted by Gasteiger charge is 2.19. The average Bonchev–Trinajstić information content (AvgIpc) is 2.68. The summed E-state index contributed by atoms with van der Waals surface area (Å²) in [6.07, 6.45) is 4.72. The van der Waals surface area contributed by atoms with Crippen LogP contribution in [0.25, 0.3) is 0 Å². The summed E-state index contributed by atoms with van der Waals surface area (Å²) in [6, 6.07) is 0. The predicted molar refractivity (Wildman–Crippen MR) is 52.1 cm³/mol. The Morgan fingerprint density at radius 2 is 2.50 bits per heavy atom. The Bertz CT molecular complexity index is 279. The molecule has 1 aromatic heterocycles. The van der Waals surface area contributed by atoms with Gasteiger partial charge in [0.15, 0.2) is 5.89 Å². The maximum atomic E-state index is 5.42. The number of aromatic nitrogens is 1. The van der Waals surface area contributed by atoms with Crippen LogP contribution in [-0.2, 0) is 11.2 Å². The Morgan fingerprint density at radius 1 is 1.57 bits per heavy atom. The van der Waals surface area contributed by atoms with Crippen LogP contribution in [0.15, 0.2) is 10.7 Å². The van der Waals surface area contributed by atoms with Crippen LogP contribution in [0.5, 0.6) is 0 Å². The van der Waals surface area contributed by atoms with E-state index in [-0.39, 0.29) is 0 Å². The molecule has 0 saturated carbocycles. The number of rotatable bonds is 3. The molecule has 0 amide bonds. The van der Waals surface area contributed by atoms with E-state index in [9.17, 15) is 0 Å². The van der Waals surface area contributed by atoms with Gasteiger partial charge < -0.3 is 14.9 Å². The average molecular weight is 196 g/mol. The van der Waals surface area contributed by atoms with Crippen molar-refractivity contribution in [1.29, 1.82) is 0 Å². The number of hydrogen-bond acceptors (Lipinski definition) is 4. The lowest BCUT2D eigenvalue weighted by molar-refractivity contribution is 0.0792. The van der Waals surface area contributed by atoms with E-state index < -0.39 is 0 Å². The van der Waals surface area contributed by atoms with Crippen molar-refractivity contribution in [2.45, 2.75) is 25.2 Å². The molecule has 4 heteroatoms. The summed E-state index contributed by atoms with van der Waals surface area (Å²) in [5.74, 6) is 1.16. The van der Waals surface area contributed by atoms with Crippen LogP contribution in [0, 0.1) is 0 Å². The third-order valence-corrected chi connectivity index (χ3v) is 2.51. The third kappa shape index (κ3) is 2.13. The van der Waals surface area contributed by atoms with Crippen LogP contribution in [0.4, 0.5) is 0 Å². The molecule has 0 aliphatic carbocycles. The van der Waals surface area contributed by atoms with E-state index in [1.165, 1.54) is 0 Å². The second-order valence-corrected chi connectivity index (χ2v) is 3.62. The summed E-state index contributed by atoms with van der Waals surface area (Å²) in [5.41, 5.74) is 6.45. The van der Waals surface area contributed by atoms with Gasteiger partial charge in [-0.3, -0.25) is 0 Å². The molecule has 2 heterocycles. The molecule has 0 spiro atoms. The second-order valence-electron chi connectivity index (χ2n) is 3.62. The van der Waals surface area contributed by atoms with Gasteiger partial charge in [0.25, 0.3) is 0 Å². The Kier molecular flexibility index (Phi) is 3.16. The summed E-state index contributed by atoms with van der Waals surface area (Å²) >= 11 is 0. The van der Waals surface area contributed by atoms with Crippen molar-refractivity contribution in [3.63, 3.8) is 0 Å². The molecule has 1 unspecified atom stereocenters. The number of oxazole rings is 1. The molecule has 2 N–H and O–H groups in total. The normalized spacial score (nSPS) is 22.5. The lowest BCUT2D eigenvalue weighted by Crippen LogP contribution is -2.15. The topological polar surface area (TPSA) is 61.3 Å². The van der Waals surface area contributed by atoms with Gasteiger partial charge in [-0.05, 0) is 12.8 Å². The Hall–Kier alpha value is -0.870. The first-order chi connectivity index (χ1) is 6.90. The van der Waals surface area contributed by atoms with Crippen LogP contribution in [0.3, 0.4) is 0 Å². The zero-order valence-electron chi connectivity index (χ0n) is 8.24. The molecule has 0 radical (unpaired) electrons. The van der Waals surface area contributed by atoms with E-state index in [0.29, 0.717) is 18.9 Å². The van der Waals surface area contributed by atoms with Crippen molar-refractivity contribution in [1.82, 2.24) is 4.98 Å². The molecule has 14 heavy (non-hydrogen) atoms. The van der Waals surface area contributed by atoms with Crippen molar-refractivity contribution < 1.29 is 9.15 Å². The molecular formula is C10H16N2O2. The predicted octanol–water partition coefficient (Wildman–Crippen LogP) is 1.07. The molecule has 78 valence electrons. The number of hydrogen-bond donors (Lipinski definition) is 1. The molecule has 0 aromatic carbocycles. The first kappa shape index (κ1) is 9.68. The van der Waals surface area contributed by atoms with Crippen LogP contribution < -0.4 is 5.73 Å². The standard InChI is InChI=1S/C10H16N2O2/c11-4-3-10-12-9(7-14-10)8-2-1-5-13-6-8/h7-8H,1-6,11H2. The summed E-state index contributed by atoms with van der Waals surface area (Å²) in [6.45, 7) is 2.24. The minimum absolute atomic E-state index is 0.416. The Balaban J connectivity index is 2.00. The van der Waals surface area contributed by atoms with Gasteiger partial charge >= 0.3 is 0 Å². The minimum Gasteiger partial charge on any atom is -0.449 e. The first-order valence-electron chi connectivity index (χ1n) is 5.12. The Labute approximate surface area is 83.4 Å². The molecule has 1 aromatic rings. The van der Waals surface area contributed by atoms with Crippen molar-refractivity contribution in [2.75, 3.05) is 19.8 Å². The maximum Gasteiger partial charge on any atom is 0.195 e. The number of ether oxygens (including phenoxy) is 1. The third-order valence-electron chi connectivity index (χ3n) is 2.51. The summed E-state index contributed by atoms with van der Waals surface area (Å²) in [7, 11) is 0. The van der Waals surface area contributed by atoms with Gasteiger partial charge in [-0.25, -0.2) is 4.98 Å². The smallest absolute Gasteiger partial charge is 0.195 e. The van der Waals surface area contributed by atoms with Gasteiger partial charge in [0, 0.05) is 25.5 Å². The van der Waals surface area contributed by atoms with Gasteiger partial charge in [-0.1, -0.05) is 0 Å². The Morgan fingerprint density at radius 3 is 3.21 bits per heavy atom. The van der Waals surface area contributed by atoms with Crippen LogP contribution in [-0.4, -0.2) is 24.7 Å². The molecular weight excluding hydrogens is 180 g/mol. The van der Waals surface area contributed by atoms with Gasteiger partial charge in [0.1, 0.15) is 6.26 Å². The highest BCUT2D eigenvalue weighted by Crippen LogP contribution is 2.24. The molecule has 0 bridgehead atoms. The van der Waals surface area contributed by atoms with Gasteiger partial charge in [-0.2, -0.15) is 0 Å². The van der Waals surface area contributed by atoms with Gasteiger partial charge in [-0.15, -0.1) is 0 Å². The fraction of sp³-hybridized carbons (Fsp3) is 0.700.